The molecule has 0 aromatic heterocycles. The van der Waals surface area contributed by atoms with Crippen molar-refractivity contribution in [3.8, 4) is 0 Å². The molecule has 1 radical (unpaired) electrons. The fourth-order valence-electron chi connectivity index (χ4n) is 0. The van der Waals surface area contributed by atoms with Gasteiger partial charge in [-0.2, -0.15) is 0 Å². The third-order valence-electron chi connectivity index (χ3n) is 0. The van der Waals surface area contributed by atoms with Gasteiger partial charge in [0, 0.05) is 0 Å². The van der Waals surface area contributed by atoms with E-state index in [2.05, 4.69) is 10.3 Å². The second-order valence-corrected chi connectivity index (χ2v) is 2.96. The molecule has 12 heavy (non-hydrogen) atoms. The summed E-state index contributed by atoms with van der Waals surface area (Å²) in [6.07, 6.45) is 0. The van der Waals surface area contributed by atoms with Gasteiger partial charge in [0.15, 0.2) is 20.6 Å². The van der Waals surface area contributed by atoms with Crippen LogP contribution >= 0.6 is 0 Å². The number of hydrogen-bond donors (Lipinski definition) is 2. The van der Waals surface area contributed by atoms with Crippen molar-refractivity contribution >= 4 is 20.6 Å². The SMILES string of the molecule is NS(=O)(=O)[O-].NS(=O)(=O)[O-].O.[Co+2]. The average Bonchev–Trinajstić information content (AvgIpc) is 1.12. The van der Waals surface area contributed by atoms with E-state index in [-0.39, 0.29) is 22.3 Å². The van der Waals surface area contributed by atoms with Crippen LogP contribution in [0.3, 0.4) is 0 Å². The van der Waals surface area contributed by atoms with Crippen LogP contribution in [0, 0.1) is 0 Å². The zero-order valence-corrected chi connectivity index (χ0v) is 7.93. The molecule has 0 atom stereocenters. The molecule has 0 heterocycles. The third-order valence-corrected chi connectivity index (χ3v) is 0. The molecule has 0 aliphatic rings. The average molecular weight is 269 g/mol. The van der Waals surface area contributed by atoms with E-state index in [4.69, 9.17) is 25.9 Å². The maximum atomic E-state index is 8.85. The van der Waals surface area contributed by atoms with Crippen LogP contribution in [0.15, 0.2) is 0 Å². The van der Waals surface area contributed by atoms with Crippen LogP contribution in [-0.4, -0.2) is 31.4 Å². The quantitative estimate of drug-likeness (QED) is 0.419. The van der Waals surface area contributed by atoms with E-state index < -0.39 is 20.6 Å². The van der Waals surface area contributed by atoms with E-state index >= 15 is 0 Å². The van der Waals surface area contributed by atoms with E-state index in [1.165, 1.54) is 0 Å². The molecule has 0 spiro atoms. The van der Waals surface area contributed by atoms with Crippen LogP contribution in [0.2, 0.25) is 0 Å². The monoisotopic (exact) mass is 269 g/mol. The Labute approximate surface area is 79.4 Å². The molecular weight excluding hydrogens is 263 g/mol. The normalized spacial score (nSPS) is 9.67. The van der Waals surface area contributed by atoms with Crippen LogP contribution in [0.5, 0.6) is 0 Å². The van der Waals surface area contributed by atoms with Crippen molar-refractivity contribution in [2.75, 3.05) is 0 Å². The van der Waals surface area contributed by atoms with E-state index in [0.29, 0.717) is 0 Å². The smallest absolute Gasteiger partial charge is 0.736 e. The van der Waals surface area contributed by atoms with Crippen LogP contribution in [0.4, 0.5) is 0 Å². The summed E-state index contributed by atoms with van der Waals surface area (Å²) in [5.41, 5.74) is 0. The fourth-order valence-corrected chi connectivity index (χ4v) is 0. The first-order chi connectivity index (χ1) is 4.00. The van der Waals surface area contributed by atoms with Crippen molar-refractivity contribution in [1.29, 1.82) is 0 Å². The van der Waals surface area contributed by atoms with Crippen molar-refractivity contribution in [2.24, 2.45) is 10.3 Å². The van der Waals surface area contributed by atoms with Crippen LogP contribution in [0.1, 0.15) is 0 Å². The Balaban J connectivity index is -0.0000000457. The third kappa shape index (κ3) is 20300. The molecule has 0 unspecified atom stereocenters. The number of nitrogens with two attached hydrogens (primary N) is 2. The predicted molar refractivity (Wildman–Crippen MR) is 31.4 cm³/mol. The van der Waals surface area contributed by atoms with E-state index in [1.54, 1.807) is 0 Å². The van der Waals surface area contributed by atoms with E-state index in [9.17, 15) is 0 Å². The Morgan fingerprint density at radius 3 is 0.833 bits per heavy atom. The summed E-state index contributed by atoms with van der Waals surface area (Å²) in [4.78, 5) is 0. The molecule has 12 heteroatoms. The summed E-state index contributed by atoms with van der Waals surface area (Å²) >= 11 is 0. The van der Waals surface area contributed by atoms with Crippen molar-refractivity contribution in [3.05, 3.63) is 0 Å². The zero-order chi connectivity index (χ0) is 9.00. The molecule has 0 aliphatic heterocycles. The molecule has 0 aromatic rings. The number of rotatable bonds is 0. The summed E-state index contributed by atoms with van der Waals surface area (Å²) in [5, 5.41) is 7.54. The van der Waals surface area contributed by atoms with Gasteiger partial charge in [-0.3, -0.25) is 0 Å². The molecule has 0 rings (SSSR count). The molecule has 0 aliphatic carbocycles. The van der Waals surface area contributed by atoms with Crippen molar-refractivity contribution in [1.82, 2.24) is 0 Å². The standard InChI is InChI=1S/Co.2H3NO3S.H2O/c;2*1-5(2,3)4;/h;2*(H3,1,2,3,4);1H2/q+2;;;/p-2. The van der Waals surface area contributed by atoms with Crippen molar-refractivity contribution in [2.45, 2.75) is 0 Å². The summed E-state index contributed by atoms with van der Waals surface area (Å²) in [5.74, 6) is 0. The minimum atomic E-state index is -4.42. The molecule has 79 valence electrons. The van der Waals surface area contributed by atoms with Crippen molar-refractivity contribution < 1.29 is 48.2 Å². The first-order valence-electron chi connectivity index (χ1n) is 1.47. The van der Waals surface area contributed by atoms with E-state index in [0.717, 1.165) is 0 Å². The van der Waals surface area contributed by atoms with Gasteiger partial charge in [-0.05, 0) is 0 Å². The molecule has 6 N–H and O–H groups in total. The van der Waals surface area contributed by atoms with Gasteiger partial charge in [-0.15, -0.1) is 0 Å². The van der Waals surface area contributed by atoms with Gasteiger partial charge in [-0.25, -0.2) is 27.1 Å². The molecular formula is H6CoN2O7S2. The molecule has 0 aromatic carbocycles. The Hall–Kier alpha value is 0.206. The summed E-state index contributed by atoms with van der Waals surface area (Å²) < 4.78 is 53.1. The first kappa shape index (κ1) is 22.8. The summed E-state index contributed by atoms with van der Waals surface area (Å²) in [6, 6.07) is 0. The summed E-state index contributed by atoms with van der Waals surface area (Å²) in [6.45, 7) is 0. The molecule has 0 amide bonds. The fraction of sp³-hybridized carbons (Fsp3) is 0. The molecule has 9 nitrogen and oxygen atoms in total. The largest absolute Gasteiger partial charge is 2.00 e. The van der Waals surface area contributed by atoms with Crippen LogP contribution < -0.4 is 10.3 Å². The predicted octanol–water partition coefficient (Wildman–Crippen LogP) is -4.02. The van der Waals surface area contributed by atoms with Gasteiger partial charge in [-0.1, -0.05) is 0 Å². The topological polar surface area (TPSA) is 198 Å². The molecule has 0 saturated heterocycles. The minimum Gasteiger partial charge on any atom is -0.736 e. The maximum absolute atomic E-state index is 8.85. The zero-order valence-electron chi connectivity index (χ0n) is 5.25. The molecule has 0 bridgehead atoms. The van der Waals surface area contributed by atoms with E-state index in [1.807, 2.05) is 0 Å². The van der Waals surface area contributed by atoms with Crippen LogP contribution in [0.25, 0.3) is 0 Å². The van der Waals surface area contributed by atoms with Gasteiger partial charge in [0.1, 0.15) is 0 Å². The Morgan fingerprint density at radius 1 is 0.833 bits per heavy atom. The second kappa shape index (κ2) is 7.84. The van der Waals surface area contributed by atoms with Gasteiger partial charge >= 0.3 is 16.8 Å². The maximum Gasteiger partial charge on any atom is 2.00 e. The Kier molecular flexibility index (Phi) is 14.9. The Bertz CT molecular complexity index is 216. The van der Waals surface area contributed by atoms with Gasteiger partial charge in [0.05, 0.1) is 0 Å². The second-order valence-electron chi connectivity index (χ2n) is 0.986. The first-order valence-corrected chi connectivity index (χ1v) is 4.41. The minimum absolute atomic E-state index is 0. The molecule has 0 fully saturated rings. The van der Waals surface area contributed by atoms with Gasteiger partial charge < -0.3 is 14.6 Å². The Morgan fingerprint density at radius 2 is 0.833 bits per heavy atom. The van der Waals surface area contributed by atoms with Crippen molar-refractivity contribution in [3.63, 3.8) is 0 Å². The van der Waals surface area contributed by atoms with Gasteiger partial charge in [0.2, 0.25) is 0 Å². The number of hydrogen-bond acceptors (Lipinski definition) is 6. The van der Waals surface area contributed by atoms with Crippen LogP contribution in [-0.2, 0) is 37.4 Å². The van der Waals surface area contributed by atoms with Gasteiger partial charge in [0.25, 0.3) is 0 Å². The summed E-state index contributed by atoms with van der Waals surface area (Å²) in [7, 11) is -8.83. The molecule has 0 saturated carbocycles.